The van der Waals surface area contributed by atoms with E-state index in [1.807, 2.05) is 86.6 Å². The Balaban J connectivity index is 0.000000234. The van der Waals surface area contributed by atoms with Crippen molar-refractivity contribution in [3.8, 4) is 0 Å². The van der Waals surface area contributed by atoms with Gasteiger partial charge in [-0.25, -0.2) is 16.8 Å². The highest BCUT2D eigenvalue weighted by molar-refractivity contribution is 7.90. The second-order valence-corrected chi connectivity index (χ2v) is 17.2. The van der Waals surface area contributed by atoms with Gasteiger partial charge < -0.3 is 9.47 Å². The number of nitrogens with zero attached hydrogens (tertiary/aromatic N) is 2. The molecule has 0 atom stereocenters. The zero-order valence-electron chi connectivity index (χ0n) is 34.7. The zero-order valence-corrected chi connectivity index (χ0v) is 36.3. The molecule has 6 aromatic rings. The predicted octanol–water partition coefficient (Wildman–Crippen LogP) is 9.02. The highest BCUT2D eigenvalue weighted by atomic mass is 32.2. The van der Waals surface area contributed by atoms with E-state index in [1.165, 1.54) is 38.5 Å². The molecular formula is C50H46N2O8S2. The minimum absolute atomic E-state index is 0.0116. The smallest absolute Gasteiger partial charge is 0.271 e. The van der Waals surface area contributed by atoms with E-state index in [4.69, 9.17) is 9.47 Å². The summed E-state index contributed by atoms with van der Waals surface area (Å²) in [6, 6.07) is 49.1. The van der Waals surface area contributed by atoms with Crippen molar-refractivity contribution in [2.45, 2.75) is 23.6 Å². The van der Waals surface area contributed by atoms with Gasteiger partial charge in [-0.3, -0.25) is 9.59 Å². The van der Waals surface area contributed by atoms with Crippen molar-refractivity contribution in [1.29, 1.82) is 0 Å². The molecule has 0 N–H and O–H groups in total. The molecule has 62 heavy (non-hydrogen) atoms. The van der Waals surface area contributed by atoms with Gasteiger partial charge in [-0.05, 0) is 61.4 Å². The molecule has 10 nitrogen and oxygen atoms in total. The van der Waals surface area contributed by atoms with Crippen LogP contribution in [0.2, 0.25) is 0 Å². The van der Waals surface area contributed by atoms with Crippen LogP contribution in [0.3, 0.4) is 0 Å². The quantitative estimate of drug-likeness (QED) is 0.0994. The standard InChI is InChI=1S/2C25H23NO4S/c2*1-20-13-16-23(17-14-20)31(28,29)26(25(27)19-30-2)24(22-11-7-4-8-12-22)18-15-21-9-5-3-6-10-21/h2*3-17H,19H2,1-2H3. The van der Waals surface area contributed by atoms with Gasteiger partial charge >= 0.3 is 0 Å². The normalized spacial score (nSPS) is 10.8. The lowest BCUT2D eigenvalue weighted by Gasteiger charge is -2.24. The van der Waals surface area contributed by atoms with Crippen LogP contribution in [0.1, 0.15) is 33.4 Å². The van der Waals surface area contributed by atoms with Gasteiger partial charge in [0.15, 0.2) is 0 Å². The summed E-state index contributed by atoms with van der Waals surface area (Å²) in [4.78, 5) is 26.0. The Labute approximate surface area is 364 Å². The van der Waals surface area contributed by atoms with Gasteiger partial charge in [-0.1, -0.05) is 168 Å². The van der Waals surface area contributed by atoms with Crippen molar-refractivity contribution in [2.24, 2.45) is 0 Å². The fraction of sp³-hybridized carbons (Fsp3) is 0.120. The first-order chi connectivity index (χ1) is 29.9. The lowest BCUT2D eigenvalue weighted by molar-refractivity contribution is -0.128. The van der Waals surface area contributed by atoms with E-state index in [9.17, 15) is 26.4 Å². The molecule has 6 rings (SSSR count). The third-order valence-corrected chi connectivity index (χ3v) is 12.4. The lowest BCUT2D eigenvalue weighted by atomic mass is 10.1. The Hall–Kier alpha value is -6.88. The molecule has 0 aliphatic heterocycles. The Bertz CT molecular complexity index is 2590. The second kappa shape index (κ2) is 22.1. The maximum Gasteiger partial charge on any atom is 0.271 e. The van der Waals surface area contributed by atoms with Gasteiger partial charge in [0, 0.05) is 25.3 Å². The van der Waals surface area contributed by atoms with Crippen LogP contribution < -0.4 is 0 Å². The summed E-state index contributed by atoms with van der Waals surface area (Å²) >= 11 is 0. The average molecular weight is 867 g/mol. The van der Waals surface area contributed by atoms with Gasteiger partial charge in [0.25, 0.3) is 31.9 Å². The topological polar surface area (TPSA) is 127 Å². The number of rotatable bonds is 14. The Morgan fingerprint density at radius 1 is 0.468 bits per heavy atom. The predicted molar refractivity (Wildman–Crippen MR) is 243 cm³/mol. The monoisotopic (exact) mass is 866 g/mol. The molecule has 0 bridgehead atoms. The van der Waals surface area contributed by atoms with E-state index in [1.54, 1.807) is 84.9 Å². The number of ether oxygens (including phenoxy) is 2. The number of aryl methyl sites for hydroxylation is 2. The molecule has 0 spiro atoms. The third-order valence-electron chi connectivity index (χ3n) is 8.96. The molecule has 316 valence electrons. The number of hydrogen-bond donors (Lipinski definition) is 0. The summed E-state index contributed by atoms with van der Waals surface area (Å²) in [7, 11) is -5.72. The van der Waals surface area contributed by atoms with Gasteiger partial charge in [0.05, 0.1) is 9.79 Å². The van der Waals surface area contributed by atoms with Crippen LogP contribution in [0, 0.1) is 13.8 Å². The number of carbonyl (C=O) groups excluding carboxylic acids is 2. The van der Waals surface area contributed by atoms with Crippen LogP contribution in [0.15, 0.2) is 191 Å². The highest BCUT2D eigenvalue weighted by Crippen LogP contribution is 2.29. The van der Waals surface area contributed by atoms with Crippen molar-refractivity contribution < 1.29 is 35.9 Å². The largest absolute Gasteiger partial charge is 0.375 e. The first kappa shape index (κ1) is 46.2. The molecular weight excluding hydrogens is 821 g/mol. The molecule has 6 aromatic carbocycles. The molecule has 0 fully saturated rings. The molecule has 0 unspecified atom stereocenters. The molecule has 0 heterocycles. The zero-order chi connectivity index (χ0) is 44.5. The Kier molecular flexibility index (Phi) is 16.5. The number of hydrogen-bond acceptors (Lipinski definition) is 8. The Morgan fingerprint density at radius 3 is 1.05 bits per heavy atom. The van der Waals surface area contributed by atoms with Crippen LogP contribution in [0.5, 0.6) is 0 Å². The minimum Gasteiger partial charge on any atom is -0.375 e. The molecule has 2 amide bonds. The van der Waals surface area contributed by atoms with Gasteiger partial charge in [-0.15, -0.1) is 0 Å². The van der Waals surface area contributed by atoms with Crippen molar-refractivity contribution in [2.75, 3.05) is 27.4 Å². The van der Waals surface area contributed by atoms with E-state index < -0.39 is 45.1 Å². The van der Waals surface area contributed by atoms with E-state index in [-0.39, 0.29) is 21.2 Å². The first-order valence-electron chi connectivity index (χ1n) is 19.3. The second-order valence-electron chi connectivity index (χ2n) is 13.6. The molecule has 0 radical (unpaired) electrons. The Morgan fingerprint density at radius 2 is 0.758 bits per heavy atom. The number of carbonyl (C=O) groups is 2. The average Bonchev–Trinajstić information content (AvgIpc) is 3.28. The maximum atomic E-state index is 13.6. The van der Waals surface area contributed by atoms with E-state index in [0.29, 0.717) is 11.1 Å². The first-order valence-corrected chi connectivity index (χ1v) is 22.2. The summed E-state index contributed by atoms with van der Waals surface area (Å²) in [6.45, 7) is 2.94. The van der Waals surface area contributed by atoms with Crippen molar-refractivity contribution >= 4 is 55.4 Å². The fourth-order valence-corrected chi connectivity index (χ4v) is 8.69. The number of sulfonamides is 2. The summed E-state index contributed by atoms with van der Waals surface area (Å²) in [5.74, 6) is -1.42. The number of amides is 2. The number of benzene rings is 6. The van der Waals surface area contributed by atoms with Crippen molar-refractivity contribution in [1.82, 2.24) is 8.61 Å². The molecule has 12 heteroatoms. The SMILES string of the molecule is COCC(=O)N(C(=C=Cc1ccccc1)c1ccccc1)S(=O)(=O)c1ccc(C)cc1.COCC(=O)N(C(=C=Cc1ccccc1)c1ccccc1)S(=O)(=O)c1ccc(C)cc1. The van der Waals surface area contributed by atoms with Crippen molar-refractivity contribution in [3.63, 3.8) is 0 Å². The van der Waals surface area contributed by atoms with E-state index in [2.05, 4.69) is 11.5 Å². The van der Waals surface area contributed by atoms with E-state index >= 15 is 0 Å². The molecule has 0 saturated carbocycles. The highest BCUT2D eigenvalue weighted by Gasteiger charge is 2.34. The number of methoxy groups -OCH3 is 2. The fourth-order valence-electron chi connectivity index (χ4n) is 5.87. The van der Waals surface area contributed by atoms with Gasteiger partial charge in [0.1, 0.15) is 24.6 Å². The van der Waals surface area contributed by atoms with Crippen LogP contribution in [-0.2, 0) is 39.1 Å². The van der Waals surface area contributed by atoms with Gasteiger partial charge in [0.2, 0.25) is 0 Å². The van der Waals surface area contributed by atoms with Crippen LogP contribution in [0.25, 0.3) is 23.5 Å². The summed E-state index contributed by atoms with van der Waals surface area (Å²) in [6.07, 6.45) is 3.31. The summed E-state index contributed by atoms with van der Waals surface area (Å²) in [5.41, 5.74) is 10.9. The van der Waals surface area contributed by atoms with Crippen molar-refractivity contribution in [3.05, 3.63) is 215 Å². The summed E-state index contributed by atoms with van der Waals surface area (Å²) < 4.78 is 65.7. The van der Waals surface area contributed by atoms with Crippen LogP contribution >= 0.6 is 0 Å². The molecule has 0 aliphatic rings. The molecule has 0 aromatic heterocycles. The lowest BCUT2D eigenvalue weighted by Crippen LogP contribution is -2.37. The molecule has 0 saturated heterocycles. The molecule has 0 aliphatic carbocycles. The third kappa shape index (κ3) is 12.1. The van der Waals surface area contributed by atoms with Gasteiger partial charge in [-0.2, -0.15) is 8.61 Å². The summed E-state index contributed by atoms with van der Waals surface area (Å²) in [5, 5.41) is 0. The van der Waals surface area contributed by atoms with E-state index in [0.717, 1.165) is 30.9 Å². The van der Waals surface area contributed by atoms with Crippen LogP contribution in [0.4, 0.5) is 0 Å². The minimum atomic E-state index is -4.21. The van der Waals surface area contributed by atoms with Crippen LogP contribution in [-0.4, -0.2) is 64.7 Å². The maximum absolute atomic E-state index is 13.6.